The van der Waals surface area contributed by atoms with Crippen LogP contribution >= 0.6 is 11.3 Å². The number of carbonyl (C=O) groups excluding carboxylic acids is 2. The van der Waals surface area contributed by atoms with E-state index in [4.69, 9.17) is 14.2 Å². The molecule has 8 heteroatoms. The topological polar surface area (TPSA) is 86.8 Å². The average molecular weight is 412 g/mol. The van der Waals surface area contributed by atoms with Crippen molar-refractivity contribution in [3.63, 3.8) is 0 Å². The summed E-state index contributed by atoms with van der Waals surface area (Å²) in [5.41, 5.74) is 3.41. The Morgan fingerprint density at radius 2 is 1.90 bits per heavy atom. The summed E-state index contributed by atoms with van der Waals surface area (Å²) >= 11 is 1.50. The lowest BCUT2D eigenvalue weighted by Crippen LogP contribution is -2.30. The smallest absolute Gasteiger partial charge is 0.338 e. The highest BCUT2D eigenvalue weighted by Crippen LogP contribution is 2.23. The molecule has 3 rings (SSSR count). The third kappa shape index (κ3) is 5.55. The minimum atomic E-state index is -0.979. The monoisotopic (exact) mass is 412 g/mol. The van der Waals surface area contributed by atoms with Gasteiger partial charge in [-0.15, -0.1) is 11.3 Å². The molecule has 0 saturated heterocycles. The molecule has 0 aliphatic rings. The molecule has 150 valence electrons. The van der Waals surface area contributed by atoms with Crippen LogP contribution < -0.4 is 14.8 Å². The molecule has 1 heterocycles. The second-order valence-electron chi connectivity index (χ2n) is 6.03. The summed E-state index contributed by atoms with van der Waals surface area (Å²) in [6, 6.07) is 13.5. The van der Waals surface area contributed by atoms with Crippen molar-refractivity contribution in [3.8, 4) is 11.5 Å². The lowest BCUT2D eigenvalue weighted by molar-refractivity contribution is -0.123. The Hall–Kier alpha value is -3.39. The Morgan fingerprint density at radius 3 is 2.59 bits per heavy atom. The zero-order chi connectivity index (χ0) is 20.6. The Kier molecular flexibility index (Phi) is 6.80. The molecule has 0 aliphatic carbocycles. The number of hydrogen-bond acceptors (Lipinski definition) is 7. The van der Waals surface area contributed by atoms with E-state index < -0.39 is 18.0 Å². The molecule has 1 amide bonds. The number of nitrogens with zero attached hydrogens (tertiary/aromatic N) is 1. The van der Waals surface area contributed by atoms with Gasteiger partial charge in [0, 0.05) is 5.38 Å². The van der Waals surface area contributed by atoms with Crippen molar-refractivity contribution in [2.45, 2.75) is 19.6 Å². The number of esters is 1. The highest BCUT2D eigenvalue weighted by molar-refractivity contribution is 7.07. The van der Waals surface area contributed by atoms with Crippen LogP contribution in [0.5, 0.6) is 11.5 Å². The molecule has 0 aliphatic heterocycles. The molecule has 0 radical (unpaired) electrons. The Morgan fingerprint density at radius 1 is 1.14 bits per heavy atom. The fourth-order valence-electron chi connectivity index (χ4n) is 2.42. The molecule has 0 spiro atoms. The van der Waals surface area contributed by atoms with Crippen LogP contribution in [0, 0.1) is 0 Å². The maximum atomic E-state index is 12.3. The van der Waals surface area contributed by atoms with Gasteiger partial charge in [-0.2, -0.15) is 0 Å². The van der Waals surface area contributed by atoms with Crippen molar-refractivity contribution in [2.24, 2.45) is 0 Å². The molecule has 3 aromatic rings. The molecular formula is C21H20N2O5S. The number of benzene rings is 2. The van der Waals surface area contributed by atoms with Gasteiger partial charge >= 0.3 is 5.97 Å². The molecule has 0 saturated carbocycles. The van der Waals surface area contributed by atoms with E-state index in [-0.39, 0.29) is 0 Å². The second kappa shape index (κ2) is 9.70. The van der Waals surface area contributed by atoms with Crippen molar-refractivity contribution in [2.75, 3.05) is 12.4 Å². The number of ether oxygens (including phenoxy) is 3. The second-order valence-corrected chi connectivity index (χ2v) is 6.75. The molecule has 1 aromatic heterocycles. The van der Waals surface area contributed by atoms with E-state index in [1.165, 1.54) is 25.4 Å². The van der Waals surface area contributed by atoms with Crippen LogP contribution in [0.2, 0.25) is 0 Å². The van der Waals surface area contributed by atoms with Crippen molar-refractivity contribution >= 4 is 28.9 Å². The molecular weight excluding hydrogens is 392 g/mol. The zero-order valence-corrected chi connectivity index (χ0v) is 16.8. The van der Waals surface area contributed by atoms with Gasteiger partial charge in [-0.25, -0.2) is 9.78 Å². The van der Waals surface area contributed by atoms with Crippen LogP contribution in [0.1, 0.15) is 23.0 Å². The normalized spacial score (nSPS) is 11.4. The standard InChI is InChI=1S/C21H20N2O5S/c1-14(20(24)23-18-5-3-4-6-19(18)26-2)28-21(25)15-7-9-17(10-8-15)27-11-16-12-29-13-22-16/h3-10,12-14H,11H2,1-2H3,(H,23,24)/t14-/m0/s1. The van der Waals surface area contributed by atoms with Crippen molar-refractivity contribution in [1.82, 2.24) is 4.98 Å². The number of methoxy groups -OCH3 is 1. The van der Waals surface area contributed by atoms with Gasteiger partial charge in [-0.1, -0.05) is 12.1 Å². The number of anilines is 1. The van der Waals surface area contributed by atoms with Crippen LogP contribution in [0.3, 0.4) is 0 Å². The summed E-state index contributed by atoms with van der Waals surface area (Å²) in [5, 5.41) is 4.60. The van der Waals surface area contributed by atoms with E-state index in [1.54, 1.807) is 54.0 Å². The quantitative estimate of drug-likeness (QED) is 0.565. The summed E-state index contributed by atoms with van der Waals surface area (Å²) in [4.78, 5) is 28.8. The molecule has 29 heavy (non-hydrogen) atoms. The van der Waals surface area contributed by atoms with Gasteiger partial charge < -0.3 is 19.5 Å². The van der Waals surface area contributed by atoms with E-state index in [1.807, 2.05) is 5.38 Å². The molecule has 7 nitrogen and oxygen atoms in total. The molecule has 0 unspecified atom stereocenters. The van der Waals surface area contributed by atoms with Gasteiger partial charge in [0.1, 0.15) is 18.1 Å². The first-order valence-electron chi connectivity index (χ1n) is 8.81. The minimum Gasteiger partial charge on any atom is -0.495 e. The molecule has 2 aromatic carbocycles. The largest absolute Gasteiger partial charge is 0.495 e. The first kappa shape index (κ1) is 20.3. The van der Waals surface area contributed by atoms with Crippen LogP contribution in [-0.2, 0) is 16.1 Å². The number of carbonyl (C=O) groups is 2. The molecule has 1 N–H and O–H groups in total. The van der Waals surface area contributed by atoms with Crippen LogP contribution in [0.15, 0.2) is 59.4 Å². The number of rotatable bonds is 8. The van der Waals surface area contributed by atoms with E-state index in [9.17, 15) is 9.59 Å². The van der Waals surface area contributed by atoms with Crippen molar-refractivity contribution < 1.29 is 23.8 Å². The van der Waals surface area contributed by atoms with E-state index in [0.29, 0.717) is 29.4 Å². The summed E-state index contributed by atoms with van der Waals surface area (Å²) in [7, 11) is 1.51. The zero-order valence-electron chi connectivity index (χ0n) is 16.0. The van der Waals surface area contributed by atoms with E-state index >= 15 is 0 Å². The average Bonchev–Trinajstić information content (AvgIpc) is 3.26. The van der Waals surface area contributed by atoms with E-state index in [2.05, 4.69) is 10.3 Å². The Labute approximate surface area is 172 Å². The first-order valence-corrected chi connectivity index (χ1v) is 9.76. The number of para-hydroxylation sites is 2. The highest BCUT2D eigenvalue weighted by atomic mass is 32.1. The lowest BCUT2D eigenvalue weighted by Gasteiger charge is -2.15. The summed E-state index contributed by atoms with van der Waals surface area (Å²) in [5.74, 6) is 0.0777. The summed E-state index contributed by atoms with van der Waals surface area (Å²) in [6.45, 7) is 1.86. The van der Waals surface area contributed by atoms with Gasteiger partial charge in [-0.3, -0.25) is 4.79 Å². The Balaban J connectivity index is 1.54. The summed E-state index contributed by atoms with van der Waals surface area (Å²) in [6.07, 6.45) is -0.979. The predicted molar refractivity (Wildman–Crippen MR) is 109 cm³/mol. The maximum absolute atomic E-state index is 12.3. The number of nitrogens with one attached hydrogen (secondary N) is 1. The Bertz CT molecular complexity index is 957. The number of aromatic nitrogens is 1. The minimum absolute atomic E-state index is 0.322. The van der Waals surface area contributed by atoms with Crippen LogP contribution in [0.25, 0.3) is 0 Å². The van der Waals surface area contributed by atoms with Gasteiger partial charge in [-0.05, 0) is 43.3 Å². The molecule has 0 bridgehead atoms. The number of amides is 1. The van der Waals surface area contributed by atoms with Gasteiger partial charge in [0.25, 0.3) is 5.91 Å². The predicted octanol–water partition coefficient (Wildman–Crippen LogP) is 3.91. The summed E-state index contributed by atoms with van der Waals surface area (Å²) < 4.78 is 16.1. The highest BCUT2D eigenvalue weighted by Gasteiger charge is 2.20. The van der Waals surface area contributed by atoms with Gasteiger partial charge in [0.2, 0.25) is 0 Å². The third-order valence-electron chi connectivity index (χ3n) is 3.98. The third-order valence-corrected chi connectivity index (χ3v) is 4.61. The van der Waals surface area contributed by atoms with Crippen molar-refractivity contribution in [1.29, 1.82) is 0 Å². The van der Waals surface area contributed by atoms with Gasteiger partial charge in [0.05, 0.1) is 29.6 Å². The van der Waals surface area contributed by atoms with E-state index in [0.717, 1.165) is 5.69 Å². The molecule has 0 fully saturated rings. The van der Waals surface area contributed by atoms with Gasteiger partial charge in [0.15, 0.2) is 6.10 Å². The maximum Gasteiger partial charge on any atom is 0.338 e. The first-order chi connectivity index (χ1) is 14.1. The number of thiazole rings is 1. The number of hydrogen-bond donors (Lipinski definition) is 1. The molecule has 1 atom stereocenters. The fraction of sp³-hybridized carbons (Fsp3) is 0.190. The van der Waals surface area contributed by atoms with Crippen LogP contribution in [0.4, 0.5) is 5.69 Å². The fourth-order valence-corrected chi connectivity index (χ4v) is 2.96. The SMILES string of the molecule is COc1ccccc1NC(=O)[C@H](C)OC(=O)c1ccc(OCc2cscn2)cc1. The van der Waals surface area contributed by atoms with Crippen molar-refractivity contribution in [3.05, 3.63) is 70.7 Å². The lowest BCUT2D eigenvalue weighted by atomic mass is 10.2. The van der Waals surface area contributed by atoms with Crippen LogP contribution in [-0.4, -0.2) is 30.1 Å².